The number of nitrogens with one attached hydrogen (secondary N) is 3. The van der Waals surface area contributed by atoms with E-state index < -0.39 is 23.8 Å². The number of allylic oxidation sites excluding steroid dienone is 1. The van der Waals surface area contributed by atoms with E-state index in [0.717, 1.165) is 12.0 Å². The van der Waals surface area contributed by atoms with E-state index in [4.69, 9.17) is 9.47 Å². The van der Waals surface area contributed by atoms with E-state index >= 15 is 0 Å². The summed E-state index contributed by atoms with van der Waals surface area (Å²) in [6.07, 6.45) is 7.63. The van der Waals surface area contributed by atoms with Crippen molar-refractivity contribution >= 4 is 39.3 Å². The molecule has 2 aromatic carbocycles. The first-order valence-corrected chi connectivity index (χ1v) is 15.0. The van der Waals surface area contributed by atoms with Gasteiger partial charge in [0.2, 0.25) is 5.91 Å². The molecule has 0 bridgehead atoms. The molecule has 0 aliphatic heterocycles. The number of benzene rings is 2. The highest BCUT2D eigenvalue weighted by atomic mass is 79.9. The molecule has 0 saturated heterocycles. The molecule has 4 rings (SSSR count). The van der Waals surface area contributed by atoms with E-state index in [1.807, 2.05) is 12.1 Å². The van der Waals surface area contributed by atoms with Gasteiger partial charge in [-0.15, -0.1) is 6.58 Å². The number of nitrogens with zero attached hydrogens (tertiary/aromatic N) is 2. The minimum absolute atomic E-state index is 0.0310. The summed E-state index contributed by atoms with van der Waals surface area (Å²) in [7, 11) is 0. The van der Waals surface area contributed by atoms with Gasteiger partial charge in [-0.3, -0.25) is 4.79 Å². The molecule has 1 aromatic heterocycles. The normalized spacial score (nSPS) is 13.9. The summed E-state index contributed by atoms with van der Waals surface area (Å²) < 4.78 is 36.9. The van der Waals surface area contributed by atoms with Gasteiger partial charge >= 0.3 is 12.7 Å². The number of alkyl halides is 2. The Labute approximate surface area is 264 Å². The number of hydrogen-bond acceptors (Lipinski definition) is 7. The van der Waals surface area contributed by atoms with Crippen LogP contribution in [0.15, 0.2) is 65.9 Å². The molecule has 1 saturated carbocycles. The van der Waals surface area contributed by atoms with Crippen LogP contribution in [0.5, 0.6) is 5.75 Å². The molecule has 0 radical (unpaired) electrons. The van der Waals surface area contributed by atoms with Crippen LogP contribution in [0, 0.1) is 0 Å². The van der Waals surface area contributed by atoms with Crippen LogP contribution in [0.4, 0.5) is 25.0 Å². The molecule has 1 fully saturated rings. The first-order chi connectivity index (χ1) is 20.9. The number of amides is 2. The van der Waals surface area contributed by atoms with Crippen molar-refractivity contribution in [3.8, 4) is 16.9 Å². The van der Waals surface area contributed by atoms with Crippen LogP contribution in [0.25, 0.3) is 11.1 Å². The Hall–Kier alpha value is -4.06. The molecule has 1 aliphatic rings. The maximum absolute atomic E-state index is 13.1. The van der Waals surface area contributed by atoms with Gasteiger partial charge in [0.25, 0.3) is 0 Å². The Balaban J connectivity index is 1.60. The number of alkyl carbamates (subject to hydrolysis) is 1. The number of carbonyl (C=O) groups is 2. The highest BCUT2D eigenvalue weighted by Gasteiger charge is 2.43. The summed E-state index contributed by atoms with van der Waals surface area (Å²) in [5.74, 6) is 0.339. The van der Waals surface area contributed by atoms with Crippen molar-refractivity contribution in [1.29, 1.82) is 0 Å². The summed E-state index contributed by atoms with van der Waals surface area (Å²) >= 11 is 3.42. The van der Waals surface area contributed by atoms with Crippen LogP contribution in [0.3, 0.4) is 0 Å². The van der Waals surface area contributed by atoms with Gasteiger partial charge in [-0.05, 0) is 76.3 Å². The third kappa shape index (κ3) is 8.52. The average molecular weight is 673 g/mol. The van der Waals surface area contributed by atoms with Crippen molar-refractivity contribution in [2.45, 2.75) is 77.2 Å². The molecule has 0 spiro atoms. The summed E-state index contributed by atoms with van der Waals surface area (Å²) in [6, 6.07) is 10.2. The molecule has 44 heavy (non-hydrogen) atoms. The Morgan fingerprint density at radius 1 is 1.11 bits per heavy atom. The predicted molar refractivity (Wildman–Crippen MR) is 169 cm³/mol. The van der Waals surface area contributed by atoms with Gasteiger partial charge in [-0.2, -0.15) is 8.78 Å². The van der Waals surface area contributed by atoms with Crippen LogP contribution in [0.1, 0.15) is 64.3 Å². The van der Waals surface area contributed by atoms with Crippen LogP contribution in [0.2, 0.25) is 0 Å². The standard InChI is InChI=1S/C32H36BrF2N5O4/c1-5-6-11-27(41)39-24-13-12-20(16-25(24)36-19-22-23(33)9-7-10-26(22)43-29(34)35)21-17-37-28(38-18-21)32(14-8-15-32)40-30(42)44-31(2,3)4/h5,7,9-10,12-13,16-18,29,36H,1,6,8,11,14-15,19H2,2-4H3,(H,39,41)(H,40,42). The highest BCUT2D eigenvalue weighted by Crippen LogP contribution is 2.40. The lowest BCUT2D eigenvalue weighted by molar-refractivity contribution is -0.116. The first kappa shape index (κ1) is 32.8. The monoisotopic (exact) mass is 671 g/mol. The zero-order chi connectivity index (χ0) is 31.9. The van der Waals surface area contributed by atoms with E-state index in [-0.39, 0.29) is 24.6 Å². The van der Waals surface area contributed by atoms with Gasteiger partial charge in [0, 0.05) is 41.0 Å². The second-order valence-corrected chi connectivity index (χ2v) is 12.3. The zero-order valence-corrected chi connectivity index (χ0v) is 26.5. The van der Waals surface area contributed by atoms with E-state index in [2.05, 4.69) is 48.4 Å². The highest BCUT2D eigenvalue weighted by molar-refractivity contribution is 9.10. The fourth-order valence-electron chi connectivity index (χ4n) is 4.68. The maximum Gasteiger partial charge on any atom is 0.408 e. The van der Waals surface area contributed by atoms with Gasteiger partial charge < -0.3 is 25.4 Å². The number of anilines is 2. The molecule has 0 atom stereocenters. The topological polar surface area (TPSA) is 114 Å². The number of carbonyl (C=O) groups excluding carboxylic acids is 2. The lowest BCUT2D eigenvalue weighted by atomic mass is 9.76. The van der Waals surface area contributed by atoms with Gasteiger partial charge in [0.15, 0.2) is 5.82 Å². The van der Waals surface area contributed by atoms with Crippen LogP contribution >= 0.6 is 15.9 Å². The molecule has 3 aromatic rings. The molecule has 12 heteroatoms. The van der Waals surface area contributed by atoms with Gasteiger partial charge in [-0.1, -0.05) is 34.1 Å². The number of ether oxygens (including phenoxy) is 2. The van der Waals surface area contributed by atoms with Crippen molar-refractivity contribution in [1.82, 2.24) is 15.3 Å². The van der Waals surface area contributed by atoms with Gasteiger partial charge in [0.1, 0.15) is 16.9 Å². The van der Waals surface area contributed by atoms with Crippen molar-refractivity contribution in [2.24, 2.45) is 0 Å². The van der Waals surface area contributed by atoms with E-state index in [0.29, 0.717) is 52.1 Å². The largest absolute Gasteiger partial charge is 0.444 e. The van der Waals surface area contributed by atoms with Gasteiger partial charge in [-0.25, -0.2) is 14.8 Å². The second kappa shape index (κ2) is 14.1. The summed E-state index contributed by atoms with van der Waals surface area (Å²) in [6.45, 7) is 6.22. The fourth-order valence-corrected chi connectivity index (χ4v) is 5.17. The van der Waals surface area contributed by atoms with Crippen molar-refractivity contribution < 1.29 is 27.8 Å². The molecular weight excluding hydrogens is 636 g/mol. The molecule has 234 valence electrons. The predicted octanol–water partition coefficient (Wildman–Crippen LogP) is 7.93. The molecule has 2 amide bonds. The first-order valence-electron chi connectivity index (χ1n) is 14.2. The number of rotatable bonds is 12. The fraction of sp³-hybridized carbons (Fsp3) is 0.375. The minimum atomic E-state index is -2.98. The molecular formula is C32H36BrF2N5O4. The average Bonchev–Trinajstić information content (AvgIpc) is 2.93. The molecule has 0 unspecified atom stereocenters. The minimum Gasteiger partial charge on any atom is -0.444 e. The lowest BCUT2D eigenvalue weighted by Crippen LogP contribution is -2.53. The van der Waals surface area contributed by atoms with Crippen molar-refractivity contribution in [3.05, 3.63) is 77.3 Å². The van der Waals surface area contributed by atoms with E-state index in [1.165, 1.54) is 6.07 Å². The Morgan fingerprint density at radius 2 is 1.84 bits per heavy atom. The third-order valence-electron chi connectivity index (χ3n) is 6.98. The van der Waals surface area contributed by atoms with E-state index in [9.17, 15) is 18.4 Å². The van der Waals surface area contributed by atoms with Gasteiger partial charge in [0.05, 0.1) is 11.4 Å². The SMILES string of the molecule is C=CCCC(=O)Nc1ccc(-c2cnc(C3(NC(=O)OC(C)(C)C)CCC3)nc2)cc1NCc1c(Br)cccc1OC(F)F. The Kier molecular flexibility index (Phi) is 10.6. The lowest BCUT2D eigenvalue weighted by Gasteiger charge is -2.41. The number of hydrogen-bond donors (Lipinski definition) is 3. The number of aromatic nitrogens is 2. The molecule has 3 N–H and O–H groups in total. The third-order valence-corrected chi connectivity index (χ3v) is 7.72. The smallest absolute Gasteiger partial charge is 0.408 e. The second-order valence-electron chi connectivity index (χ2n) is 11.4. The Morgan fingerprint density at radius 3 is 2.45 bits per heavy atom. The van der Waals surface area contributed by atoms with Crippen molar-refractivity contribution in [3.63, 3.8) is 0 Å². The summed E-state index contributed by atoms with van der Waals surface area (Å²) in [5.41, 5.74) is 1.69. The Bertz CT molecular complexity index is 1490. The molecule has 1 aliphatic carbocycles. The summed E-state index contributed by atoms with van der Waals surface area (Å²) in [5, 5.41) is 9.12. The van der Waals surface area contributed by atoms with Crippen molar-refractivity contribution in [2.75, 3.05) is 10.6 Å². The summed E-state index contributed by atoms with van der Waals surface area (Å²) in [4.78, 5) is 34.3. The van der Waals surface area contributed by atoms with Crippen LogP contribution in [-0.4, -0.2) is 34.2 Å². The molecule has 9 nitrogen and oxygen atoms in total. The van der Waals surface area contributed by atoms with Crippen LogP contribution in [-0.2, 0) is 21.6 Å². The number of halogens is 3. The van der Waals surface area contributed by atoms with Crippen LogP contribution < -0.4 is 20.7 Å². The van der Waals surface area contributed by atoms with E-state index in [1.54, 1.807) is 57.4 Å². The maximum atomic E-state index is 13.1. The molecule has 1 heterocycles. The quantitative estimate of drug-likeness (QED) is 0.168. The zero-order valence-electron chi connectivity index (χ0n) is 24.9.